The SMILES string of the molecule is COc1ccc(OC2CC2)c(C(=O)O)c1. The largest absolute Gasteiger partial charge is 0.497 e. The Labute approximate surface area is 87.4 Å². The molecular weight excluding hydrogens is 196 g/mol. The minimum Gasteiger partial charge on any atom is -0.497 e. The maximum atomic E-state index is 11.0. The lowest BCUT2D eigenvalue weighted by atomic mass is 10.2. The van der Waals surface area contributed by atoms with Gasteiger partial charge >= 0.3 is 5.97 Å². The number of rotatable bonds is 4. The van der Waals surface area contributed by atoms with Crippen molar-refractivity contribution in [2.75, 3.05) is 7.11 Å². The van der Waals surface area contributed by atoms with Gasteiger partial charge in [0, 0.05) is 0 Å². The van der Waals surface area contributed by atoms with Crippen LogP contribution in [0, 0.1) is 0 Å². The maximum Gasteiger partial charge on any atom is 0.339 e. The number of hydrogen-bond donors (Lipinski definition) is 1. The van der Waals surface area contributed by atoms with E-state index in [1.165, 1.54) is 13.2 Å². The molecular formula is C11H12O4. The van der Waals surface area contributed by atoms with Gasteiger partial charge in [-0.15, -0.1) is 0 Å². The zero-order valence-electron chi connectivity index (χ0n) is 8.40. The molecule has 0 aliphatic heterocycles. The van der Waals surface area contributed by atoms with Crippen molar-refractivity contribution in [2.24, 2.45) is 0 Å². The number of carbonyl (C=O) groups is 1. The Morgan fingerprint density at radius 1 is 1.47 bits per heavy atom. The fraction of sp³-hybridized carbons (Fsp3) is 0.364. The number of benzene rings is 1. The smallest absolute Gasteiger partial charge is 0.339 e. The highest BCUT2D eigenvalue weighted by Gasteiger charge is 2.25. The molecule has 0 amide bonds. The van der Waals surface area contributed by atoms with Gasteiger partial charge in [0.1, 0.15) is 17.1 Å². The molecule has 0 spiro atoms. The summed E-state index contributed by atoms with van der Waals surface area (Å²) in [7, 11) is 1.50. The van der Waals surface area contributed by atoms with E-state index in [4.69, 9.17) is 14.6 Å². The minimum absolute atomic E-state index is 0.154. The maximum absolute atomic E-state index is 11.0. The lowest BCUT2D eigenvalue weighted by Gasteiger charge is -2.09. The Morgan fingerprint density at radius 3 is 2.73 bits per heavy atom. The molecule has 15 heavy (non-hydrogen) atoms. The van der Waals surface area contributed by atoms with Gasteiger partial charge in [0.15, 0.2) is 0 Å². The first-order chi connectivity index (χ1) is 7.20. The summed E-state index contributed by atoms with van der Waals surface area (Å²) >= 11 is 0. The van der Waals surface area contributed by atoms with Gasteiger partial charge in [-0.1, -0.05) is 0 Å². The van der Waals surface area contributed by atoms with Gasteiger partial charge < -0.3 is 14.6 Å². The van der Waals surface area contributed by atoms with Gasteiger partial charge in [-0.05, 0) is 31.0 Å². The third kappa shape index (κ3) is 2.21. The number of ether oxygens (including phenoxy) is 2. The Hall–Kier alpha value is -1.71. The predicted molar refractivity (Wildman–Crippen MR) is 53.6 cm³/mol. The molecule has 1 aromatic rings. The van der Waals surface area contributed by atoms with Crippen LogP contribution in [0.15, 0.2) is 18.2 Å². The summed E-state index contributed by atoms with van der Waals surface area (Å²) < 4.78 is 10.4. The van der Waals surface area contributed by atoms with Crippen LogP contribution in [0.4, 0.5) is 0 Å². The summed E-state index contributed by atoms with van der Waals surface area (Å²) in [5.41, 5.74) is 0.154. The minimum atomic E-state index is -0.996. The predicted octanol–water partition coefficient (Wildman–Crippen LogP) is 1.93. The summed E-state index contributed by atoms with van der Waals surface area (Å²) in [6, 6.07) is 4.81. The van der Waals surface area contributed by atoms with Crippen molar-refractivity contribution in [1.82, 2.24) is 0 Å². The van der Waals surface area contributed by atoms with Crippen LogP contribution in [0.5, 0.6) is 11.5 Å². The average Bonchev–Trinajstić information content (AvgIpc) is 3.02. The van der Waals surface area contributed by atoms with E-state index in [1.807, 2.05) is 0 Å². The molecule has 1 saturated carbocycles. The zero-order chi connectivity index (χ0) is 10.8. The third-order valence-electron chi connectivity index (χ3n) is 2.24. The van der Waals surface area contributed by atoms with Crippen molar-refractivity contribution < 1.29 is 19.4 Å². The second-order valence-corrected chi connectivity index (χ2v) is 3.48. The zero-order valence-corrected chi connectivity index (χ0v) is 8.40. The van der Waals surface area contributed by atoms with Gasteiger partial charge in [-0.25, -0.2) is 4.79 Å². The topological polar surface area (TPSA) is 55.8 Å². The van der Waals surface area contributed by atoms with Crippen molar-refractivity contribution in [2.45, 2.75) is 18.9 Å². The Kier molecular flexibility index (Phi) is 2.49. The molecule has 2 rings (SSSR count). The summed E-state index contributed by atoms with van der Waals surface area (Å²) in [5, 5.41) is 8.98. The highest BCUT2D eigenvalue weighted by Crippen LogP contribution is 2.31. The lowest BCUT2D eigenvalue weighted by Crippen LogP contribution is -2.04. The fourth-order valence-corrected chi connectivity index (χ4v) is 1.27. The number of carboxylic acids is 1. The molecule has 0 radical (unpaired) electrons. The van der Waals surface area contributed by atoms with Crippen molar-refractivity contribution in [1.29, 1.82) is 0 Å². The van der Waals surface area contributed by atoms with E-state index < -0.39 is 5.97 Å². The summed E-state index contributed by atoms with van der Waals surface area (Å²) in [4.78, 5) is 11.0. The third-order valence-corrected chi connectivity index (χ3v) is 2.24. The normalized spacial score (nSPS) is 14.7. The van der Waals surface area contributed by atoms with Crippen molar-refractivity contribution in [3.05, 3.63) is 23.8 Å². The standard InChI is InChI=1S/C11H12O4/c1-14-8-4-5-10(15-7-2-3-7)9(6-8)11(12)13/h4-7H,2-3H2,1H3,(H,12,13). The Morgan fingerprint density at radius 2 is 2.20 bits per heavy atom. The van der Waals surface area contributed by atoms with E-state index >= 15 is 0 Å². The molecule has 1 aromatic carbocycles. The molecule has 1 aliphatic carbocycles. The molecule has 80 valence electrons. The molecule has 0 atom stereocenters. The van der Waals surface area contributed by atoms with Gasteiger partial charge in [0.05, 0.1) is 13.2 Å². The molecule has 4 nitrogen and oxygen atoms in total. The number of methoxy groups -OCH3 is 1. The van der Waals surface area contributed by atoms with Gasteiger partial charge in [-0.3, -0.25) is 0 Å². The number of carboxylic acid groups (broad SMARTS) is 1. The van der Waals surface area contributed by atoms with Crippen LogP contribution in [0.2, 0.25) is 0 Å². The number of hydrogen-bond acceptors (Lipinski definition) is 3. The van der Waals surface area contributed by atoms with Crippen LogP contribution in [-0.4, -0.2) is 24.3 Å². The highest BCUT2D eigenvalue weighted by molar-refractivity contribution is 5.91. The van der Waals surface area contributed by atoms with Crippen LogP contribution >= 0.6 is 0 Å². The molecule has 0 saturated heterocycles. The van der Waals surface area contributed by atoms with E-state index in [-0.39, 0.29) is 11.7 Å². The molecule has 0 unspecified atom stereocenters. The van der Waals surface area contributed by atoms with Crippen LogP contribution in [0.3, 0.4) is 0 Å². The molecule has 4 heteroatoms. The fourth-order valence-electron chi connectivity index (χ4n) is 1.27. The first-order valence-corrected chi connectivity index (χ1v) is 4.78. The van der Waals surface area contributed by atoms with Crippen molar-refractivity contribution >= 4 is 5.97 Å². The van der Waals surface area contributed by atoms with Gasteiger partial charge in [0.2, 0.25) is 0 Å². The van der Waals surface area contributed by atoms with E-state index in [0.29, 0.717) is 11.5 Å². The molecule has 0 bridgehead atoms. The van der Waals surface area contributed by atoms with E-state index in [9.17, 15) is 4.79 Å². The second-order valence-electron chi connectivity index (χ2n) is 3.48. The van der Waals surface area contributed by atoms with Crippen molar-refractivity contribution in [3.63, 3.8) is 0 Å². The van der Waals surface area contributed by atoms with Gasteiger partial charge in [0.25, 0.3) is 0 Å². The quantitative estimate of drug-likeness (QED) is 0.821. The van der Waals surface area contributed by atoms with Crippen molar-refractivity contribution in [3.8, 4) is 11.5 Å². The lowest BCUT2D eigenvalue weighted by molar-refractivity contribution is 0.0691. The monoisotopic (exact) mass is 208 g/mol. The summed E-state index contributed by atoms with van der Waals surface area (Å²) in [5.74, 6) is -0.0501. The van der Waals surface area contributed by atoms with Gasteiger partial charge in [-0.2, -0.15) is 0 Å². The number of aromatic carboxylic acids is 1. The molecule has 1 fully saturated rings. The summed E-state index contributed by atoms with van der Waals surface area (Å²) in [6.07, 6.45) is 2.20. The van der Waals surface area contributed by atoms with E-state index in [0.717, 1.165) is 12.8 Å². The molecule has 1 aliphatic rings. The first-order valence-electron chi connectivity index (χ1n) is 4.78. The van der Waals surface area contributed by atoms with E-state index in [1.54, 1.807) is 12.1 Å². The highest BCUT2D eigenvalue weighted by atomic mass is 16.5. The van der Waals surface area contributed by atoms with Crippen LogP contribution < -0.4 is 9.47 Å². The molecule has 0 heterocycles. The van der Waals surface area contributed by atoms with E-state index in [2.05, 4.69) is 0 Å². The van der Waals surface area contributed by atoms with Crippen LogP contribution in [0.25, 0.3) is 0 Å². The van der Waals surface area contributed by atoms with Crippen LogP contribution in [0.1, 0.15) is 23.2 Å². The molecule has 1 N–H and O–H groups in total. The molecule has 0 aromatic heterocycles. The average molecular weight is 208 g/mol. The first kappa shape index (κ1) is 9.83. The summed E-state index contributed by atoms with van der Waals surface area (Å²) in [6.45, 7) is 0. The Bertz CT molecular complexity index is 382. The van der Waals surface area contributed by atoms with Crippen LogP contribution in [-0.2, 0) is 0 Å². The second kappa shape index (κ2) is 3.81. The Balaban J connectivity index is 2.29.